The van der Waals surface area contributed by atoms with Gasteiger partial charge in [0.05, 0.1) is 0 Å². The number of hydrogen-bond acceptors (Lipinski definition) is 5. The van der Waals surface area contributed by atoms with E-state index in [2.05, 4.69) is 6.08 Å². The third-order valence-corrected chi connectivity index (χ3v) is 8.73. The van der Waals surface area contributed by atoms with Crippen LogP contribution in [0.4, 0.5) is 4.39 Å². The number of halogens is 1. The lowest BCUT2D eigenvalue weighted by molar-refractivity contribution is -0.167. The number of esters is 1. The van der Waals surface area contributed by atoms with Crippen molar-refractivity contribution in [3.05, 3.63) is 23.3 Å². The Hall–Kier alpha value is -1.82. The lowest BCUT2D eigenvalue weighted by Gasteiger charge is -2.55. The van der Waals surface area contributed by atoms with E-state index < -0.39 is 41.0 Å². The van der Waals surface area contributed by atoms with Crippen molar-refractivity contribution in [1.82, 2.24) is 0 Å². The van der Waals surface area contributed by atoms with Crippen LogP contribution in [0.2, 0.25) is 0 Å². The van der Waals surface area contributed by atoms with E-state index in [0.29, 0.717) is 31.3 Å². The van der Waals surface area contributed by atoms with Crippen molar-refractivity contribution >= 4 is 17.5 Å². The van der Waals surface area contributed by atoms with Gasteiger partial charge < -0.3 is 9.84 Å². The largest absolute Gasteiger partial charge is 0.458 e. The minimum atomic E-state index is -1.62. The normalized spacial score (nSPS) is 44.9. The average Bonchev–Trinajstić information content (AvgIpc) is 2.89. The Morgan fingerprint density at radius 3 is 2.63 bits per heavy atom. The molecule has 0 bridgehead atoms. The summed E-state index contributed by atoms with van der Waals surface area (Å²) in [4.78, 5) is 36.2. The summed E-state index contributed by atoms with van der Waals surface area (Å²) in [5.74, 6) is -1.49. The molecular formula is C24H31FO5. The maximum absolute atomic E-state index is 15.3. The average molecular weight is 419 g/mol. The molecule has 0 heterocycles. The van der Waals surface area contributed by atoms with E-state index >= 15 is 4.39 Å². The van der Waals surface area contributed by atoms with E-state index in [9.17, 15) is 19.5 Å². The molecule has 5 nitrogen and oxygen atoms in total. The number of ether oxygens (including phenoxy) is 1. The highest BCUT2D eigenvalue weighted by atomic mass is 19.1. The number of allylic oxidation sites excluding steroid dienone is 4. The first-order chi connectivity index (χ1) is 13.9. The molecule has 0 aromatic carbocycles. The first kappa shape index (κ1) is 21.4. The first-order valence-electron chi connectivity index (χ1n) is 10.9. The predicted octanol–water partition coefficient (Wildman–Crippen LogP) is 3.50. The number of rotatable bonds is 3. The second kappa shape index (κ2) is 6.84. The summed E-state index contributed by atoms with van der Waals surface area (Å²) >= 11 is 0. The molecule has 1 N–H and O–H groups in total. The molecule has 0 aromatic heterocycles. The number of alkyl halides is 1. The summed E-state index contributed by atoms with van der Waals surface area (Å²) in [5, 5.41) is 11.7. The van der Waals surface area contributed by atoms with Crippen molar-refractivity contribution in [2.24, 2.45) is 28.6 Å². The molecule has 2 saturated carbocycles. The molecule has 0 saturated heterocycles. The molecule has 4 unspecified atom stereocenters. The van der Waals surface area contributed by atoms with Crippen LogP contribution in [0.1, 0.15) is 59.8 Å². The van der Waals surface area contributed by atoms with Crippen LogP contribution in [0, 0.1) is 28.6 Å². The van der Waals surface area contributed by atoms with Crippen molar-refractivity contribution in [3.63, 3.8) is 0 Å². The van der Waals surface area contributed by atoms with Gasteiger partial charge in [-0.15, -0.1) is 0 Å². The number of fused-ring (bicyclic) bond motifs is 5. The molecule has 4 aliphatic carbocycles. The molecule has 0 amide bonds. The van der Waals surface area contributed by atoms with E-state index in [1.165, 1.54) is 18.6 Å². The molecule has 0 radical (unpaired) electrons. The summed E-state index contributed by atoms with van der Waals surface area (Å²) in [6.07, 6.45) is 4.83. The van der Waals surface area contributed by atoms with Crippen molar-refractivity contribution < 1.29 is 28.6 Å². The van der Waals surface area contributed by atoms with Crippen LogP contribution in [0.15, 0.2) is 23.3 Å². The quantitative estimate of drug-likeness (QED) is 0.561. The summed E-state index contributed by atoms with van der Waals surface area (Å²) in [5.41, 5.74) is -1.08. The Bertz CT molecular complexity index is 875. The van der Waals surface area contributed by atoms with Gasteiger partial charge in [0.2, 0.25) is 5.78 Å². The monoisotopic (exact) mass is 418 g/mol. The van der Waals surface area contributed by atoms with E-state index in [4.69, 9.17) is 4.74 Å². The maximum Gasteiger partial charge on any atom is 0.303 e. The predicted molar refractivity (Wildman–Crippen MR) is 108 cm³/mol. The fraction of sp³-hybridized carbons (Fsp3) is 0.708. The molecule has 4 aliphatic rings. The van der Waals surface area contributed by atoms with E-state index in [0.717, 1.165) is 0 Å². The van der Waals surface area contributed by atoms with Crippen molar-refractivity contribution in [2.45, 2.75) is 71.6 Å². The number of carbonyl (C=O) groups is 3. The molecule has 4 rings (SSSR count). The molecule has 7 atom stereocenters. The smallest absolute Gasteiger partial charge is 0.303 e. The third kappa shape index (κ3) is 2.72. The zero-order chi connectivity index (χ0) is 22.1. The van der Waals surface area contributed by atoms with Gasteiger partial charge in [-0.05, 0) is 55.1 Å². The Morgan fingerprint density at radius 1 is 1.27 bits per heavy atom. The number of hydrogen-bond donors (Lipinski definition) is 1. The van der Waals surface area contributed by atoms with Gasteiger partial charge in [0.25, 0.3) is 0 Å². The zero-order valence-electron chi connectivity index (χ0n) is 18.2. The Morgan fingerprint density at radius 2 is 1.97 bits per heavy atom. The van der Waals surface area contributed by atoms with Crippen LogP contribution in [0.5, 0.6) is 0 Å². The van der Waals surface area contributed by atoms with Crippen molar-refractivity contribution in [2.75, 3.05) is 6.61 Å². The number of carbonyl (C=O) groups excluding carboxylic acids is 3. The Balaban J connectivity index is 1.73. The van der Waals surface area contributed by atoms with Crippen LogP contribution in [-0.4, -0.2) is 41.0 Å². The van der Waals surface area contributed by atoms with Crippen molar-refractivity contribution in [3.8, 4) is 0 Å². The van der Waals surface area contributed by atoms with E-state index in [1.54, 1.807) is 0 Å². The molecule has 6 heteroatoms. The van der Waals surface area contributed by atoms with Crippen LogP contribution in [0.3, 0.4) is 0 Å². The zero-order valence-corrected chi connectivity index (χ0v) is 18.2. The van der Waals surface area contributed by atoms with Crippen molar-refractivity contribution in [1.29, 1.82) is 0 Å². The van der Waals surface area contributed by atoms with Gasteiger partial charge in [0.15, 0.2) is 12.4 Å². The van der Waals surface area contributed by atoms with Gasteiger partial charge in [-0.25, -0.2) is 4.39 Å². The van der Waals surface area contributed by atoms with E-state index in [-0.39, 0.29) is 30.0 Å². The Kier molecular flexibility index (Phi) is 4.88. The highest BCUT2D eigenvalue weighted by molar-refractivity contribution is 5.92. The van der Waals surface area contributed by atoms with Crippen LogP contribution in [0.25, 0.3) is 0 Å². The minimum Gasteiger partial charge on any atom is -0.458 e. The minimum absolute atomic E-state index is 0.00949. The SMILES string of the molecule is CC(=O)OCC(=O)[C@@]1(O)[C@H](C)CC2C3C[C@H](F)C4=CC(=O)CCC4(C)C3=CCC21C. The molecule has 164 valence electrons. The molecular weight excluding hydrogens is 387 g/mol. The standard InChI is InChI=1S/C24H31FO5/c1-13-9-18-16-11-20(25)19-10-15(27)5-7-22(19,3)17(16)6-8-23(18,4)24(13,29)21(28)12-30-14(2)26/h6,10,13,16,18,20,29H,5,7-9,11-12H2,1-4H3/t13-,16?,18?,20+,22?,23?,24+/m1/s1. The summed E-state index contributed by atoms with van der Waals surface area (Å²) in [6, 6.07) is 0. The molecule has 0 aliphatic heterocycles. The second-order valence-corrected chi connectivity index (χ2v) is 10.2. The molecule has 0 aromatic rings. The van der Waals surface area contributed by atoms with Gasteiger partial charge in [0, 0.05) is 24.2 Å². The number of ketones is 2. The molecule has 30 heavy (non-hydrogen) atoms. The highest BCUT2D eigenvalue weighted by Gasteiger charge is 2.68. The summed E-state index contributed by atoms with van der Waals surface area (Å²) in [6.45, 7) is 6.61. The topological polar surface area (TPSA) is 80.7 Å². The van der Waals surface area contributed by atoms with Gasteiger partial charge in [0.1, 0.15) is 11.8 Å². The summed E-state index contributed by atoms with van der Waals surface area (Å²) < 4.78 is 20.2. The van der Waals surface area contributed by atoms with Gasteiger partial charge in [-0.1, -0.05) is 32.4 Å². The fourth-order valence-electron chi connectivity index (χ4n) is 7.08. The van der Waals surface area contributed by atoms with Gasteiger partial charge >= 0.3 is 5.97 Å². The molecule has 2 fully saturated rings. The first-order valence-corrected chi connectivity index (χ1v) is 10.9. The fourth-order valence-corrected chi connectivity index (χ4v) is 7.08. The highest BCUT2D eigenvalue weighted by Crippen LogP contribution is 2.67. The Labute approximate surface area is 176 Å². The van der Waals surface area contributed by atoms with E-state index in [1.807, 2.05) is 20.8 Å². The number of aliphatic hydroxyl groups is 1. The third-order valence-electron chi connectivity index (χ3n) is 8.73. The van der Waals surface area contributed by atoms with Crippen LogP contribution < -0.4 is 0 Å². The van der Waals surface area contributed by atoms with Crippen LogP contribution >= 0.6 is 0 Å². The summed E-state index contributed by atoms with van der Waals surface area (Å²) in [7, 11) is 0. The lowest BCUT2D eigenvalue weighted by atomic mass is 9.50. The molecule has 0 spiro atoms. The maximum atomic E-state index is 15.3. The lowest BCUT2D eigenvalue weighted by Crippen LogP contribution is -2.58. The van der Waals surface area contributed by atoms with Gasteiger partial charge in [-0.2, -0.15) is 0 Å². The van der Waals surface area contributed by atoms with Gasteiger partial charge in [-0.3, -0.25) is 14.4 Å². The number of Topliss-reactive ketones (excluding diaryl/α,β-unsaturated/α-hetero) is 1. The van der Waals surface area contributed by atoms with Crippen LogP contribution in [-0.2, 0) is 19.1 Å². The second-order valence-electron chi connectivity index (χ2n) is 10.2.